The van der Waals surface area contributed by atoms with Crippen molar-refractivity contribution in [2.75, 3.05) is 13.7 Å². The van der Waals surface area contributed by atoms with Gasteiger partial charge in [-0.15, -0.1) is 0 Å². The molecule has 1 aromatic rings. The van der Waals surface area contributed by atoms with Crippen LogP contribution in [0.4, 0.5) is 13.2 Å². The van der Waals surface area contributed by atoms with E-state index in [0.29, 0.717) is 5.75 Å². The molecule has 0 saturated heterocycles. The third-order valence-electron chi connectivity index (χ3n) is 2.97. The van der Waals surface area contributed by atoms with Crippen molar-refractivity contribution in [3.05, 3.63) is 29.8 Å². The van der Waals surface area contributed by atoms with Gasteiger partial charge in [-0.05, 0) is 24.6 Å². The molecule has 0 heterocycles. The number of ether oxygens (including phenoxy) is 2. The zero-order valence-corrected chi connectivity index (χ0v) is 13.6. The van der Waals surface area contributed by atoms with Gasteiger partial charge in [0.1, 0.15) is 6.04 Å². The van der Waals surface area contributed by atoms with Crippen LogP contribution < -0.4 is 14.8 Å². The van der Waals surface area contributed by atoms with Gasteiger partial charge in [0.2, 0.25) is 0 Å². The number of alkyl halides is 3. The van der Waals surface area contributed by atoms with Crippen LogP contribution in [0.2, 0.25) is 0 Å². The van der Waals surface area contributed by atoms with Crippen molar-refractivity contribution < 1.29 is 37.3 Å². The standard InChI is InChI=1S/C16H18F3NO5/c1-3-4-10-5-6-12(13(7-10)24-2)25-9-14(21)20-11(15(22)23)8-16(17,18)19/h3-7,11H,8-9H2,1-2H3,(H,20,21)(H,22,23)/b4-3+. The Balaban J connectivity index is 2.70. The Hall–Kier alpha value is -2.71. The number of halogens is 3. The largest absolute Gasteiger partial charge is 0.493 e. The molecule has 0 bridgehead atoms. The minimum Gasteiger partial charge on any atom is -0.493 e. The molecule has 6 nitrogen and oxygen atoms in total. The Morgan fingerprint density at radius 1 is 1.32 bits per heavy atom. The fourth-order valence-corrected chi connectivity index (χ4v) is 1.91. The second-order valence-corrected chi connectivity index (χ2v) is 4.98. The van der Waals surface area contributed by atoms with Crippen LogP contribution >= 0.6 is 0 Å². The molecule has 1 amide bonds. The van der Waals surface area contributed by atoms with Gasteiger partial charge in [-0.25, -0.2) is 4.79 Å². The Kier molecular flexibility index (Phi) is 7.28. The van der Waals surface area contributed by atoms with Crippen molar-refractivity contribution in [3.8, 4) is 11.5 Å². The quantitative estimate of drug-likeness (QED) is 0.744. The number of carboxylic acid groups (broad SMARTS) is 1. The van der Waals surface area contributed by atoms with E-state index in [2.05, 4.69) is 0 Å². The van der Waals surface area contributed by atoms with Gasteiger partial charge >= 0.3 is 12.1 Å². The van der Waals surface area contributed by atoms with E-state index < -0.39 is 37.1 Å². The number of amides is 1. The number of hydrogen-bond acceptors (Lipinski definition) is 4. The maximum Gasteiger partial charge on any atom is 0.391 e. The molecule has 0 aliphatic heterocycles. The van der Waals surface area contributed by atoms with Crippen LogP contribution in [0.15, 0.2) is 24.3 Å². The number of carboxylic acids is 1. The summed E-state index contributed by atoms with van der Waals surface area (Å²) in [5, 5.41) is 10.5. The predicted octanol–water partition coefficient (Wildman–Crippen LogP) is 2.63. The Morgan fingerprint density at radius 2 is 2.00 bits per heavy atom. The Labute approximate surface area is 142 Å². The van der Waals surface area contributed by atoms with E-state index in [1.54, 1.807) is 17.4 Å². The molecule has 2 N–H and O–H groups in total. The van der Waals surface area contributed by atoms with Gasteiger partial charge in [0, 0.05) is 0 Å². The minimum atomic E-state index is -4.72. The number of methoxy groups -OCH3 is 1. The number of nitrogens with one attached hydrogen (secondary N) is 1. The number of benzene rings is 1. The fraction of sp³-hybridized carbons (Fsp3) is 0.375. The highest BCUT2D eigenvalue weighted by molar-refractivity contribution is 5.84. The van der Waals surface area contributed by atoms with Gasteiger partial charge < -0.3 is 19.9 Å². The summed E-state index contributed by atoms with van der Waals surface area (Å²) in [5.41, 5.74) is 0.826. The molecule has 0 radical (unpaired) electrons. The van der Waals surface area contributed by atoms with Gasteiger partial charge in [-0.3, -0.25) is 4.79 Å². The molecule has 0 spiro atoms. The molecule has 9 heteroatoms. The van der Waals surface area contributed by atoms with Crippen molar-refractivity contribution in [2.24, 2.45) is 0 Å². The Bertz CT molecular complexity index is 643. The third kappa shape index (κ3) is 7.15. The second-order valence-electron chi connectivity index (χ2n) is 4.98. The first kappa shape index (κ1) is 20.3. The first-order valence-corrected chi connectivity index (χ1v) is 7.18. The van der Waals surface area contributed by atoms with Crippen molar-refractivity contribution in [1.29, 1.82) is 0 Å². The summed E-state index contributed by atoms with van der Waals surface area (Å²) in [4.78, 5) is 22.5. The zero-order chi connectivity index (χ0) is 19.0. The predicted molar refractivity (Wildman–Crippen MR) is 83.4 cm³/mol. The SMILES string of the molecule is C/C=C/c1ccc(OCC(=O)NC(CC(F)(F)F)C(=O)O)c(OC)c1. The van der Waals surface area contributed by atoms with Crippen LogP contribution in [-0.4, -0.2) is 42.9 Å². The van der Waals surface area contributed by atoms with E-state index >= 15 is 0 Å². The highest BCUT2D eigenvalue weighted by Gasteiger charge is 2.36. The smallest absolute Gasteiger partial charge is 0.391 e. The molecular formula is C16H18F3NO5. The normalized spacial score (nSPS) is 12.7. The summed E-state index contributed by atoms with van der Waals surface area (Å²) in [5.74, 6) is -2.24. The minimum absolute atomic E-state index is 0.202. The average molecular weight is 361 g/mol. The molecule has 1 aromatic carbocycles. The lowest BCUT2D eigenvalue weighted by molar-refractivity contribution is -0.160. The maximum atomic E-state index is 12.3. The first-order chi connectivity index (χ1) is 11.7. The molecule has 0 fully saturated rings. The number of carbonyl (C=O) groups is 2. The average Bonchev–Trinajstić information content (AvgIpc) is 2.51. The van der Waals surface area contributed by atoms with E-state index in [1.807, 2.05) is 19.1 Å². The van der Waals surface area contributed by atoms with Crippen LogP contribution in [0.1, 0.15) is 18.9 Å². The molecule has 0 saturated carbocycles. The zero-order valence-electron chi connectivity index (χ0n) is 13.6. The van der Waals surface area contributed by atoms with Crippen LogP contribution in [0, 0.1) is 0 Å². The summed E-state index contributed by atoms with van der Waals surface area (Å²) < 4.78 is 47.2. The summed E-state index contributed by atoms with van der Waals surface area (Å²) in [6.07, 6.45) is -2.76. The van der Waals surface area contributed by atoms with Gasteiger partial charge in [-0.1, -0.05) is 18.2 Å². The molecular weight excluding hydrogens is 343 g/mol. The number of aliphatic carboxylic acids is 1. The van der Waals surface area contributed by atoms with Crippen molar-refractivity contribution in [1.82, 2.24) is 5.32 Å². The van der Waals surface area contributed by atoms with E-state index in [9.17, 15) is 22.8 Å². The van der Waals surface area contributed by atoms with E-state index in [0.717, 1.165) is 5.56 Å². The highest BCUT2D eigenvalue weighted by atomic mass is 19.4. The lowest BCUT2D eigenvalue weighted by atomic mass is 10.2. The van der Waals surface area contributed by atoms with Crippen LogP contribution in [-0.2, 0) is 9.59 Å². The van der Waals surface area contributed by atoms with E-state index in [1.165, 1.54) is 13.2 Å². The monoisotopic (exact) mass is 361 g/mol. The molecule has 1 rings (SSSR count). The van der Waals surface area contributed by atoms with Gasteiger partial charge in [0.15, 0.2) is 18.1 Å². The molecule has 138 valence electrons. The van der Waals surface area contributed by atoms with Gasteiger partial charge in [0.05, 0.1) is 13.5 Å². The Morgan fingerprint density at radius 3 is 2.52 bits per heavy atom. The summed E-state index contributed by atoms with van der Waals surface area (Å²) in [6, 6.07) is 2.80. The fourth-order valence-electron chi connectivity index (χ4n) is 1.91. The summed E-state index contributed by atoms with van der Waals surface area (Å²) in [6.45, 7) is 1.18. The second kappa shape index (κ2) is 8.95. The van der Waals surface area contributed by atoms with Gasteiger partial charge in [0.25, 0.3) is 5.91 Å². The molecule has 1 unspecified atom stereocenters. The lowest BCUT2D eigenvalue weighted by Crippen LogP contribution is -2.45. The van der Waals surface area contributed by atoms with Crippen LogP contribution in [0.3, 0.4) is 0 Å². The lowest BCUT2D eigenvalue weighted by Gasteiger charge is -2.17. The topological polar surface area (TPSA) is 84.9 Å². The molecule has 1 atom stereocenters. The van der Waals surface area contributed by atoms with Crippen molar-refractivity contribution in [3.63, 3.8) is 0 Å². The third-order valence-corrected chi connectivity index (χ3v) is 2.97. The number of rotatable bonds is 8. The summed E-state index contributed by atoms with van der Waals surface area (Å²) in [7, 11) is 1.39. The molecule has 0 aliphatic carbocycles. The number of carbonyl (C=O) groups excluding carboxylic acids is 1. The molecule has 0 aromatic heterocycles. The number of hydrogen-bond donors (Lipinski definition) is 2. The van der Waals surface area contributed by atoms with Crippen LogP contribution in [0.25, 0.3) is 6.08 Å². The van der Waals surface area contributed by atoms with Gasteiger partial charge in [-0.2, -0.15) is 13.2 Å². The number of allylic oxidation sites excluding steroid dienone is 1. The highest BCUT2D eigenvalue weighted by Crippen LogP contribution is 2.28. The van der Waals surface area contributed by atoms with Crippen molar-refractivity contribution >= 4 is 18.0 Å². The first-order valence-electron chi connectivity index (χ1n) is 7.18. The van der Waals surface area contributed by atoms with E-state index in [4.69, 9.17) is 14.6 Å². The molecule has 25 heavy (non-hydrogen) atoms. The molecule has 0 aliphatic rings. The maximum absolute atomic E-state index is 12.3. The van der Waals surface area contributed by atoms with E-state index in [-0.39, 0.29) is 5.75 Å². The van der Waals surface area contributed by atoms with Crippen molar-refractivity contribution in [2.45, 2.75) is 25.6 Å². The van der Waals surface area contributed by atoms with Crippen LogP contribution in [0.5, 0.6) is 11.5 Å². The summed E-state index contributed by atoms with van der Waals surface area (Å²) >= 11 is 0.